The molecule has 43 nitrogen and oxygen atoms in total. The van der Waals surface area contributed by atoms with Crippen molar-refractivity contribution in [2.24, 2.45) is 14.1 Å². The van der Waals surface area contributed by atoms with Crippen molar-refractivity contribution in [3.8, 4) is 0 Å². The van der Waals surface area contributed by atoms with Crippen molar-refractivity contribution in [3.05, 3.63) is 128 Å². The van der Waals surface area contributed by atoms with Crippen LogP contribution in [0.5, 0.6) is 0 Å². The van der Waals surface area contributed by atoms with Gasteiger partial charge in [0.05, 0.1) is 104 Å². The lowest BCUT2D eigenvalue weighted by molar-refractivity contribution is 0.0653. The highest BCUT2D eigenvalue weighted by atomic mass is 32.2. The minimum absolute atomic E-state index is 0.00911. The van der Waals surface area contributed by atoms with Gasteiger partial charge in [0.15, 0.2) is 11.6 Å². The number of hydrogen-bond donors (Lipinski definition) is 4. The second-order valence-corrected chi connectivity index (χ2v) is 47.1. The highest BCUT2D eigenvalue weighted by Crippen LogP contribution is 2.40. The van der Waals surface area contributed by atoms with E-state index in [2.05, 4.69) is 93.2 Å². The lowest BCUT2D eigenvalue weighted by Crippen LogP contribution is -2.44. The van der Waals surface area contributed by atoms with E-state index in [-0.39, 0.29) is 59.5 Å². The van der Waals surface area contributed by atoms with Gasteiger partial charge in [0.2, 0.25) is 23.8 Å². The Labute approximate surface area is 865 Å². The molecule has 5 atom stereocenters. The van der Waals surface area contributed by atoms with Crippen LogP contribution in [0.3, 0.4) is 0 Å². The maximum absolute atomic E-state index is 13.2. The predicted octanol–water partition coefficient (Wildman–Crippen LogP) is 7.08. The van der Waals surface area contributed by atoms with Crippen molar-refractivity contribution in [1.82, 2.24) is 112 Å². The fraction of sp³-hybridized carbons (Fsp3) is 0.620. The largest absolute Gasteiger partial charge is 0.381 e. The van der Waals surface area contributed by atoms with E-state index in [1.54, 1.807) is 0 Å². The number of likely N-dealkylation sites (tertiary alicyclic amines) is 1. The fourth-order valence-corrected chi connectivity index (χ4v) is 27.3. The molecule has 1 aliphatic carbocycles. The smallest absolute Gasteiger partial charge is 0.274 e. The van der Waals surface area contributed by atoms with Crippen molar-refractivity contribution in [2.75, 3.05) is 177 Å². The lowest BCUT2D eigenvalue weighted by Gasteiger charge is -2.34. The number of fused-ring (bicyclic) bond motifs is 8. The Bertz CT molecular complexity index is 6710. The van der Waals surface area contributed by atoms with E-state index in [1.165, 1.54) is 0 Å². The molecule has 147 heavy (non-hydrogen) atoms. The maximum atomic E-state index is 13.2. The topological polar surface area (TPSA) is 454 Å². The molecule has 5 unspecified atom stereocenters. The Morgan fingerprint density at radius 2 is 0.687 bits per heavy atom. The molecule has 0 bridgehead atoms. The second kappa shape index (κ2) is 44.1. The Balaban J connectivity index is 0.000000115. The summed E-state index contributed by atoms with van der Waals surface area (Å²) in [6, 6.07) is 1.64. The summed E-state index contributed by atoms with van der Waals surface area (Å²) in [4.78, 5) is 127. The molecule has 0 spiro atoms. The monoisotopic (exact) mass is 2090 g/mol. The molecule has 5 saturated heterocycles. The number of piperidine rings is 1. The number of Topliss-reactive ketones (excluding diaryl/α,β-unsaturated/α-hetero) is 2. The van der Waals surface area contributed by atoms with Crippen molar-refractivity contribution in [1.29, 1.82) is 0 Å². The van der Waals surface area contributed by atoms with Crippen LogP contribution in [0.1, 0.15) is 225 Å². The summed E-state index contributed by atoms with van der Waals surface area (Å²) in [6.07, 6.45) is 23.1. The first-order valence-corrected chi connectivity index (χ1v) is 57.5. The van der Waals surface area contributed by atoms with Crippen LogP contribution in [0.4, 0.5) is 47.1 Å². The molecule has 786 valence electrons. The molecule has 24 rings (SSSR count). The molecule has 47 heteroatoms. The van der Waals surface area contributed by atoms with E-state index in [0.717, 1.165) is 262 Å². The average molecular weight is 2090 g/mol. The number of hydrogen-bond acceptors (Lipinski definition) is 35. The van der Waals surface area contributed by atoms with Gasteiger partial charge in [0, 0.05) is 267 Å². The number of carbonyl (C=O) groups excluding carboxylic acids is 4. The highest BCUT2D eigenvalue weighted by Gasteiger charge is 2.40. The number of anilines is 8. The summed E-state index contributed by atoms with van der Waals surface area (Å²) >= 11 is 0. The molecule has 0 radical (unpaired) electrons. The molecular weight excluding hydrogens is 1960 g/mol. The van der Waals surface area contributed by atoms with Crippen LogP contribution in [0, 0.1) is 27.7 Å². The van der Waals surface area contributed by atoms with Gasteiger partial charge in [-0.2, -0.15) is 30.1 Å². The minimum Gasteiger partial charge on any atom is -0.381 e. The number of aryl methyl sites for hydroxylation is 8. The van der Waals surface area contributed by atoms with Crippen molar-refractivity contribution < 1.29 is 55.0 Å². The van der Waals surface area contributed by atoms with Gasteiger partial charge in [-0.15, -0.1) is 0 Å². The number of nitrogens with one attached hydrogen (secondary N) is 4. The number of imidazole rings is 4. The van der Waals surface area contributed by atoms with Crippen LogP contribution in [-0.2, 0) is 161 Å². The van der Waals surface area contributed by atoms with E-state index >= 15 is 0 Å². The fourth-order valence-electron chi connectivity index (χ4n) is 22.1. The Kier molecular flexibility index (Phi) is 30.4. The van der Waals surface area contributed by atoms with E-state index in [4.69, 9.17) is 73.8 Å². The Hall–Kier alpha value is -11.3. The number of carbonyl (C=O) groups is 4. The minimum atomic E-state index is -1.08. The summed E-state index contributed by atoms with van der Waals surface area (Å²) in [7, 11) is 5.45. The van der Waals surface area contributed by atoms with Crippen molar-refractivity contribution in [2.45, 2.75) is 271 Å². The number of rotatable bonds is 24. The van der Waals surface area contributed by atoms with E-state index in [9.17, 15) is 36.0 Å². The summed E-state index contributed by atoms with van der Waals surface area (Å²) in [6.45, 7) is 25.8. The lowest BCUT2D eigenvalue weighted by atomic mass is 9.93. The van der Waals surface area contributed by atoms with Crippen molar-refractivity contribution >= 4 is 114 Å². The van der Waals surface area contributed by atoms with Crippen LogP contribution in [0.25, 0.3) is 0 Å². The van der Waals surface area contributed by atoms with Crippen molar-refractivity contribution in [3.63, 3.8) is 0 Å². The summed E-state index contributed by atoms with van der Waals surface area (Å²) in [5.41, 5.74) is 11.9. The third-order valence-electron chi connectivity index (χ3n) is 31.1. The van der Waals surface area contributed by atoms with Gasteiger partial charge >= 0.3 is 0 Å². The van der Waals surface area contributed by atoms with Gasteiger partial charge in [-0.25, -0.2) is 39.9 Å². The van der Waals surface area contributed by atoms with Crippen LogP contribution in [-0.4, -0.2) is 325 Å². The van der Waals surface area contributed by atoms with Crippen LogP contribution in [0.15, 0.2) is 44.4 Å². The Morgan fingerprint density at radius 3 is 1.00 bits per heavy atom. The molecule has 13 aliphatic heterocycles. The number of ether oxygens (including phenoxy) is 4. The van der Waals surface area contributed by atoms with Gasteiger partial charge in [0.25, 0.3) is 11.8 Å². The second-order valence-electron chi connectivity index (χ2n) is 41.1. The number of amides is 2. The third kappa shape index (κ3) is 22.2. The zero-order valence-corrected chi connectivity index (χ0v) is 89.0. The van der Waals surface area contributed by atoms with E-state index < -0.39 is 43.2 Å². The number of nitrogens with zero attached hydrogens (tertiary/aromatic N) is 27. The number of aromatic nitrogens is 20. The third-order valence-corrected chi connectivity index (χ3v) is 36.9. The molecule has 4 N–H and O–H groups in total. The molecule has 10 aromatic heterocycles. The molecule has 23 heterocycles. The summed E-state index contributed by atoms with van der Waals surface area (Å²) < 4.78 is 84.9. The summed E-state index contributed by atoms with van der Waals surface area (Å²) in [5.74, 6) is 11.2. The van der Waals surface area contributed by atoms with E-state index in [0.29, 0.717) is 203 Å². The molecule has 6 fully saturated rings. The first-order valence-electron chi connectivity index (χ1n) is 52.2. The summed E-state index contributed by atoms with van der Waals surface area (Å²) in [5, 5.41) is 23.1. The quantitative estimate of drug-likeness (QED) is 0.0439. The first kappa shape index (κ1) is 102. The standard InChI is InChI=1S/C27H36N8O3S.C26H34N8O3S.C25H36N8O3S.C22H29N7O3S/c1-16(24-17(2)32-33(4)18(24)3)13-22(36)21-14-34-8-9-35(15-23(34)29-21)27-30-20-7-12-39(37)25(20)26(31-27)28-19-5-10-38-11-6-19;1-16-19(17(2)32(3)31-16)4-5-22(35)21-14-33-9-10-34(15-23(33)28-21)26-29-20-8-13-38(36)24(20)25(30-26)27-18-6-11-37-12-7-18;1-30-8-3-18(4-9-30)31(2)24(34)20-15-32-10-11-33(16-21(32)27-20)25-28-19-7-14-37(35)22(19)23(29-25)26-17-5-12-36-13-6-17;1-27(15-2-3-15)21(30)17-12-28-7-8-29(13-18(28)24-17)22-25-16-6-11-33(31)19(16)20(26-22)23-14-4-9-32-10-5-14/h14,16,19H,5-13,15H2,1-4H3,(H,28,30,31);14,18H,4-13,15H2,1-3H3,(H,27,29,30);15,17-18H,3-14,16H2,1-2H3,(H,26,28,29);12,14-15H,2-11,13H2,1H3,(H,23,25,26). The normalized spacial score (nSPS) is 21.3. The number of ketones is 2. The van der Waals surface area contributed by atoms with Crippen LogP contribution < -0.4 is 40.9 Å². The molecule has 10 aromatic rings. The molecular formula is C100H135N31O12S4. The van der Waals surface area contributed by atoms with Gasteiger partial charge < -0.3 is 92.8 Å². The molecule has 14 aliphatic rings. The van der Waals surface area contributed by atoms with Crippen LogP contribution in [0.2, 0.25) is 0 Å². The van der Waals surface area contributed by atoms with Gasteiger partial charge in [-0.05, 0) is 148 Å². The average Bonchev–Trinajstić information content (AvgIpc) is 1.65. The van der Waals surface area contributed by atoms with E-state index in [1.807, 2.05) is 99.8 Å². The van der Waals surface area contributed by atoms with Crippen LogP contribution >= 0.6 is 0 Å². The van der Waals surface area contributed by atoms with Gasteiger partial charge in [-0.1, -0.05) is 6.92 Å². The zero-order chi connectivity index (χ0) is 102. The molecule has 0 aromatic carbocycles. The van der Waals surface area contributed by atoms with Gasteiger partial charge in [-0.3, -0.25) is 45.4 Å². The molecule has 1 saturated carbocycles. The zero-order valence-electron chi connectivity index (χ0n) is 85.8. The Morgan fingerprint density at radius 1 is 0.381 bits per heavy atom. The SMILES string of the molecule is CN(C(=O)c1cn2c(n1)CN(c1nc3c(c(NC4CCOCC4)n1)S(=O)CC3)CC2)C1CC1.CN1CCC(N(C)C(=O)c2cn3c(n2)CN(c2nc4c(c(NC5CCOCC5)n2)S(=O)CC4)CC3)CC1.Cc1nn(C)c(C)c1C(C)CC(=O)c1cn2c(n1)CN(c1nc3c(c(NC4CCOCC4)n1)S(=O)CC3)CC2.Cc1nn(C)c(C)c1CCC(=O)c1cn2c(n1)CN(c1nc3c(c(NC4CCOCC4)n1)S(=O)CC3)CC2. The maximum Gasteiger partial charge on any atom is 0.274 e. The van der Waals surface area contributed by atoms with Gasteiger partial charge in [0.1, 0.15) is 88.9 Å². The first-order chi connectivity index (χ1) is 71.2. The molecule has 2 amide bonds. The predicted molar refractivity (Wildman–Crippen MR) is 554 cm³/mol. The highest BCUT2D eigenvalue weighted by molar-refractivity contribution is 7.86.